The number of nitrogens with zero attached hydrogens (tertiary/aromatic N) is 1. The molecular weight excluding hydrogens is 409 g/mol. The summed E-state index contributed by atoms with van der Waals surface area (Å²) in [6.07, 6.45) is -3.34. The van der Waals surface area contributed by atoms with Gasteiger partial charge in [-0.3, -0.25) is 4.79 Å². The van der Waals surface area contributed by atoms with Crippen LogP contribution in [0.3, 0.4) is 0 Å². The minimum atomic E-state index is -4.47. The number of hydrogen-bond donors (Lipinski definition) is 1. The van der Waals surface area contributed by atoms with Crippen LogP contribution in [0.1, 0.15) is 27.0 Å². The molecule has 31 heavy (non-hydrogen) atoms. The quantitative estimate of drug-likeness (QED) is 0.271. The molecule has 158 valence electrons. The Bertz CT molecular complexity index is 1080. The van der Waals surface area contributed by atoms with Crippen LogP contribution in [-0.4, -0.2) is 18.1 Å². The zero-order valence-electron chi connectivity index (χ0n) is 16.1. The van der Waals surface area contributed by atoms with E-state index < -0.39 is 23.6 Å². The van der Waals surface area contributed by atoms with E-state index in [2.05, 4.69) is 10.5 Å². The molecule has 0 heterocycles. The molecule has 0 radical (unpaired) electrons. The van der Waals surface area contributed by atoms with Crippen molar-refractivity contribution in [2.24, 2.45) is 5.10 Å². The van der Waals surface area contributed by atoms with Crippen LogP contribution in [0.15, 0.2) is 84.0 Å². The Hall–Kier alpha value is -3.94. The predicted molar refractivity (Wildman–Crippen MR) is 109 cm³/mol. The lowest BCUT2D eigenvalue weighted by Gasteiger charge is -2.08. The highest BCUT2D eigenvalue weighted by Gasteiger charge is 2.30. The summed E-state index contributed by atoms with van der Waals surface area (Å²) >= 11 is 0. The molecule has 0 aliphatic carbocycles. The average molecular weight is 426 g/mol. The standard InChI is InChI=1S/C23H17F3N2O3/c24-23(25,26)19-8-4-5-17(13-19)14-21(29)28-27-15-16-9-11-20(12-10-16)31-22(30)18-6-2-1-3-7-18/h1-13,15H,14H2,(H,28,29)/b27-15-. The number of nitrogens with one attached hydrogen (secondary N) is 1. The van der Waals surface area contributed by atoms with E-state index in [1.165, 1.54) is 18.3 Å². The topological polar surface area (TPSA) is 67.8 Å². The first-order valence-corrected chi connectivity index (χ1v) is 9.16. The number of amides is 1. The first-order valence-electron chi connectivity index (χ1n) is 9.16. The summed E-state index contributed by atoms with van der Waals surface area (Å²) in [5.74, 6) is -0.688. The van der Waals surface area contributed by atoms with Gasteiger partial charge in [0.2, 0.25) is 5.91 Å². The highest BCUT2D eigenvalue weighted by atomic mass is 19.4. The van der Waals surface area contributed by atoms with Gasteiger partial charge < -0.3 is 4.74 Å². The van der Waals surface area contributed by atoms with E-state index in [0.717, 1.165) is 12.1 Å². The molecule has 0 aliphatic heterocycles. The van der Waals surface area contributed by atoms with Gasteiger partial charge in [0, 0.05) is 0 Å². The van der Waals surface area contributed by atoms with Crippen molar-refractivity contribution in [3.05, 3.63) is 101 Å². The molecule has 0 saturated heterocycles. The van der Waals surface area contributed by atoms with Gasteiger partial charge in [0.1, 0.15) is 5.75 Å². The maximum atomic E-state index is 12.7. The first-order chi connectivity index (χ1) is 14.8. The zero-order chi connectivity index (χ0) is 22.3. The SMILES string of the molecule is O=C(Cc1cccc(C(F)(F)F)c1)N/N=C\c1ccc(OC(=O)c2ccccc2)cc1. The first kappa shape index (κ1) is 21.8. The predicted octanol–water partition coefficient (Wildman–Crippen LogP) is 4.62. The van der Waals surface area contributed by atoms with Gasteiger partial charge in [0.25, 0.3) is 0 Å². The minimum absolute atomic E-state index is 0.229. The van der Waals surface area contributed by atoms with Gasteiger partial charge in [-0.15, -0.1) is 0 Å². The molecule has 0 aromatic heterocycles. The van der Waals surface area contributed by atoms with Crippen molar-refractivity contribution in [2.75, 3.05) is 0 Å². The van der Waals surface area contributed by atoms with Crippen molar-refractivity contribution >= 4 is 18.1 Å². The van der Waals surface area contributed by atoms with Crippen LogP contribution >= 0.6 is 0 Å². The number of hydrazone groups is 1. The molecule has 0 fully saturated rings. The van der Waals surface area contributed by atoms with Crippen LogP contribution in [0.2, 0.25) is 0 Å². The van der Waals surface area contributed by atoms with E-state index in [1.807, 2.05) is 0 Å². The smallest absolute Gasteiger partial charge is 0.416 e. The van der Waals surface area contributed by atoms with Crippen LogP contribution in [0.4, 0.5) is 13.2 Å². The Morgan fingerprint density at radius 3 is 2.32 bits per heavy atom. The van der Waals surface area contributed by atoms with Crippen LogP contribution in [0.5, 0.6) is 5.75 Å². The Morgan fingerprint density at radius 1 is 0.935 bits per heavy atom. The van der Waals surface area contributed by atoms with Crippen LogP contribution in [0.25, 0.3) is 0 Å². The number of rotatable bonds is 6. The minimum Gasteiger partial charge on any atom is -0.423 e. The zero-order valence-corrected chi connectivity index (χ0v) is 16.1. The van der Waals surface area contributed by atoms with Crippen molar-refractivity contribution in [1.29, 1.82) is 0 Å². The number of esters is 1. The summed E-state index contributed by atoms with van der Waals surface area (Å²) < 4.78 is 43.5. The van der Waals surface area contributed by atoms with Gasteiger partial charge in [-0.1, -0.05) is 36.4 Å². The molecule has 3 aromatic rings. The second kappa shape index (κ2) is 9.71. The number of ether oxygens (including phenoxy) is 1. The van der Waals surface area contributed by atoms with E-state index in [0.29, 0.717) is 16.9 Å². The Balaban J connectivity index is 1.52. The third-order valence-electron chi connectivity index (χ3n) is 4.12. The number of halogens is 3. The van der Waals surface area contributed by atoms with Crippen LogP contribution in [-0.2, 0) is 17.4 Å². The summed E-state index contributed by atoms with van der Waals surface area (Å²) in [4.78, 5) is 23.9. The molecule has 3 aromatic carbocycles. The molecule has 0 unspecified atom stereocenters. The highest BCUT2D eigenvalue weighted by molar-refractivity contribution is 5.91. The number of benzene rings is 3. The average Bonchev–Trinajstić information content (AvgIpc) is 2.75. The Morgan fingerprint density at radius 2 is 1.65 bits per heavy atom. The maximum Gasteiger partial charge on any atom is 0.416 e. The van der Waals surface area contributed by atoms with Crippen molar-refractivity contribution in [3.8, 4) is 5.75 Å². The Kier molecular flexibility index (Phi) is 6.81. The molecule has 3 rings (SSSR count). The molecule has 1 N–H and O–H groups in total. The van der Waals surface area contributed by atoms with Gasteiger partial charge in [-0.2, -0.15) is 18.3 Å². The summed E-state index contributed by atoms with van der Waals surface area (Å²) in [5, 5.41) is 3.79. The van der Waals surface area contributed by atoms with E-state index in [9.17, 15) is 22.8 Å². The fourth-order valence-corrected chi connectivity index (χ4v) is 2.62. The van der Waals surface area contributed by atoms with Crippen LogP contribution in [0, 0.1) is 0 Å². The summed E-state index contributed by atoms with van der Waals surface area (Å²) in [5.41, 5.74) is 2.74. The van der Waals surface area contributed by atoms with Gasteiger partial charge in [-0.05, 0) is 53.6 Å². The summed E-state index contributed by atoms with van der Waals surface area (Å²) in [7, 11) is 0. The van der Waals surface area contributed by atoms with Gasteiger partial charge in [-0.25, -0.2) is 10.2 Å². The third-order valence-corrected chi connectivity index (χ3v) is 4.12. The second-order valence-corrected chi connectivity index (χ2v) is 6.49. The molecule has 0 aliphatic rings. The Labute approximate surface area is 176 Å². The monoisotopic (exact) mass is 426 g/mol. The molecule has 0 spiro atoms. The van der Waals surface area contributed by atoms with Gasteiger partial charge in [0.15, 0.2) is 0 Å². The fourth-order valence-electron chi connectivity index (χ4n) is 2.62. The number of carbonyl (C=O) groups is 2. The second-order valence-electron chi connectivity index (χ2n) is 6.49. The van der Waals surface area contributed by atoms with Gasteiger partial charge in [0.05, 0.1) is 23.8 Å². The van der Waals surface area contributed by atoms with Gasteiger partial charge >= 0.3 is 12.1 Å². The summed E-state index contributed by atoms with van der Waals surface area (Å²) in [6.45, 7) is 0. The van der Waals surface area contributed by atoms with Crippen molar-refractivity contribution in [2.45, 2.75) is 12.6 Å². The lowest BCUT2D eigenvalue weighted by molar-refractivity contribution is -0.137. The van der Waals surface area contributed by atoms with Crippen molar-refractivity contribution in [1.82, 2.24) is 5.43 Å². The number of alkyl halides is 3. The lowest BCUT2D eigenvalue weighted by Crippen LogP contribution is -2.20. The normalized spacial score (nSPS) is 11.3. The molecule has 0 saturated carbocycles. The molecule has 0 atom stereocenters. The van der Waals surface area contributed by atoms with Crippen LogP contribution < -0.4 is 10.2 Å². The van der Waals surface area contributed by atoms with Crippen molar-refractivity contribution < 1.29 is 27.5 Å². The summed E-state index contributed by atoms with van der Waals surface area (Å²) in [6, 6.07) is 19.5. The maximum absolute atomic E-state index is 12.7. The third kappa shape index (κ3) is 6.53. The van der Waals surface area contributed by atoms with Crippen molar-refractivity contribution in [3.63, 3.8) is 0 Å². The molecule has 5 nitrogen and oxygen atoms in total. The molecule has 0 bridgehead atoms. The largest absolute Gasteiger partial charge is 0.423 e. The highest BCUT2D eigenvalue weighted by Crippen LogP contribution is 2.29. The molecule has 8 heteroatoms. The van der Waals surface area contributed by atoms with E-state index in [4.69, 9.17) is 4.74 Å². The van der Waals surface area contributed by atoms with E-state index in [1.54, 1.807) is 54.6 Å². The number of hydrogen-bond acceptors (Lipinski definition) is 4. The van der Waals surface area contributed by atoms with E-state index >= 15 is 0 Å². The van der Waals surface area contributed by atoms with E-state index in [-0.39, 0.29) is 12.0 Å². The molecule has 1 amide bonds. The lowest BCUT2D eigenvalue weighted by atomic mass is 10.1. The number of carbonyl (C=O) groups excluding carboxylic acids is 2. The fraction of sp³-hybridized carbons (Fsp3) is 0.0870. The molecular formula is C23H17F3N2O3.